The van der Waals surface area contributed by atoms with Crippen LogP contribution in [0, 0.1) is 39.0 Å². The lowest BCUT2D eigenvalue weighted by Gasteiger charge is -2.15. The molecule has 0 saturated heterocycles. The van der Waals surface area contributed by atoms with Crippen molar-refractivity contribution in [3.63, 3.8) is 0 Å². The second-order valence-electron chi connectivity index (χ2n) is 7.53. The maximum Gasteiger partial charge on any atom is 0.262 e. The number of nitriles is 1. The Hall–Kier alpha value is -2.80. The Kier molecular flexibility index (Phi) is 5.51. The maximum absolute atomic E-state index is 12.5. The Morgan fingerprint density at radius 3 is 2.41 bits per heavy atom. The number of aromatic nitrogens is 1. The highest BCUT2D eigenvalue weighted by Gasteiger charge is 2.20. The van der Waals surface area contributed by atoms with Gasteiger partial charge in [0.1, 0.15) is 11.6 Å². The van der Waals surface area contributed by atoms with Gasteiger partial charge in [-0.25, -0.2) is 0 Å². The number of carbonyl (C=O) groups excluding carboxylic acids is 1. The van der Waals surface area contributed by atoms with Crippen LogP contribution in [-0.2, 0) is 4.79 Å². The molecule has 0 radical (unpaired) electrons. The normalized spacial score (nSPS) is 15.0. The zero-order valence-electron chi connectivity index (χ0n) is 16.6. The molecule has 1 aliphatic carbocycles. The molecule has 4 nitrogen and oxygen atoms in total. The number of rotatable bonds is 4. The topological polar surface area (TPSA) is 57.8 Å². The third-order valence-electron chi connectivity index (χ3n) is 5.49. The monoisotopic (exact) mass is 361 g/mol. The molecule has 27 heavy (non-hydrogen) atoms. The van der Waals surface area contributed by atoms with Gasteiger partial charge in [-0.1, -0.05) is 31.0 Å². The minimum atomic E-state index is -0.263. The third-order valence-corrected chi connectivity index (χ3v) is 5.49. The summed E-state index contributed by atoms with van der Waals surface area (Å²) in [7, 11) is 0. The van der Waals surface area contributed by atoms with Crippen LogP contribution in [0.25, 0.3) is 11.8 Å². The number of carbonyl (C=O) groups is 1. The Bertz CT molecular complexity index is 917. The lowest BCUT2D eigenvalue weighted by atomic mass is 10.1. The summed E-state index contributed by atoms with van der Waals surface area (Å²) in [5, 5.41) is 12.5. The van der Waals surface area contributed by atoms with Crippen LogP contribution < -0.4 is 5.32 Å². The van der Waals surface area contributed by atoms with Gasteiger partial charge in [0.2, 0.25) is 0 Å². The molecular weight excluding hydrogens is 334 g/mol. The van der Waals surface area contributed by atoms with E-state index in [1.807, 2.05) is 13.0 Å². The van der Waals surface area contributed by atoms with E-state index in [2.05, 4.69) is 54.9 Å². The van der Waals surface area contributed by atoms with Crippen molar-refractivity contribution in [1.29, 1.82) is 5.26 Å². The van der Waals surface area contributed by atoms with E-state index < -0.39 is 0 Å². The zero-order chi connectivity index (χ0) is 19.6. The standard InChI is InChI=1S/C23H27N3O/c1-15-8-7-9-16(2)22(15)26-17(3)12-19(18(26)4)13-20(14-24)23(27)25-21-10-5-6-11-21/h7-9,12-13,21H,5-6,10-11H2,1-4H3,(H,25,27)/b20-13-. The van der Waals surface area contributed by atoms with E-state index in [1.165, 1.54) is 16.8 Å². The average molecular weight is 361 g/mol. The molecule has 1 aromatic heterocycles. The largest absolute Gasteiger partial charge is 0.349 e. The molecule has 0 aliphatic heterocycles. The summed E-state index contributed by atoms with van der Waals surface area (Å²) in [6, 6.07) is 10.6. The molecule has 1 N–H and O–H groups in total. The number of nitrogens with one attached hydrogen (secondary N) is 1. The summed E-state index contributed by atoms with van der Waals surface area (Å²) in [5.41, 5.74) is 6.77. The third kappa shape index (κ3) is 3.83. The molecule has 1 aromatic carbocycles. The first-order valence-electron chi connectivity index (χ1n) is 9.60. The summed E-state index contributed by atoms with van der Waals surface area (Å²) in [4.78, 5) is 12.5. The number of amides is 1. The SMILES string of the molecule is Cc1cccc(C)c1-n1c(C)cc(/C=C(/C#N)C(=O)NC2CCCC2)c1C. The highest BCUT2D eigenvalue weighted by atomic mass is 16.1. The minimum Gasteiger partial charge on any atom is -0.349 e. The van der Waals surface area contributed by atoms with Crippen LogP contribution in [-0.4, -0.2) is 16.5 Å². The lowest BCUT2D eigenvalue weighted by molar-refractivity contribution is -0.117. The van der Waals surface area contributed by atoms with E-state index in [4.69, 9.17) is 0 Å². The van der Waals surface area contributed by atoms with Crippen molar-refractivity contribution < 1.29 is 4.79 Å². The second kappa shape index (κ2) is 7.84. The van der Waals surface area contributed by atoms with Gasteiger partial charge in [-0.3, -0.25) is 4.79 Å². The molecule has 2 aromatic rings. The Labute approximate surface area is 161 Å². The molecule has 0 spiro atoms. The highest BCUT2D eigenvalue weighted by molar-refractivity contribution is 6.02. The number of para-hydroxylation sites is 1. The fourth-order valence-corrected chi connectivity index (χ4v) is 4.07. The molecule has 4 heteroatoms. The van der Waals surface area contributed by atoms with Crippen LogP contribution in [0.2, 0.25) is 0 Å². The van der Waals surface area contributed by atoms with Crippen LogP contribution in [0.1, 0.15) is 53.8 Å². The van der Waals surface area contributed by atoms with Gasteiger partial charge in [0, 0.05) is 17.4 Å². The van der Waals surface area contributed by atoms with Crippen molar-refractivity contribution in [3.8, 4) is 11.8 Å². The summed E-state index contributed by atoms with van der Waals surface area (Å²) in [6.07, 6.45) is 6.02. The zero-order valence-corrected chi connectivity index (χ0v) is 16.6. The Morgan fingerprint density at radius 1 is 1.19 bits per heavy atom. The van der Waals surface area contributed by atoms with Gasteiger partial charge in [-0.15, -0.1) is 0 Å². The quantitative estimate of drug-likeness (QED) is 0.635. The van der Waals surface area contributed by atoms with E-state index in [0.29, 0.717) is 0 Å². The fourth-order valence-electron chi connectivity index (χ4n) is 4.07. The minimum absolute atomic E-state index is 0.170. The van der Waals surface area contributed by atoms with E-state index >= 15 is 0 Å². The molecule has 0 unspecified atom stereocenters. The van der Waals surface area contributed by atoms with Crippen molar-refractivity contribution >= 4 is 12.0 Å². The summed E-state index contributed by atoms with van der Waals surface area (Å²) in [6.45, 7) is 8.30. The van der Waals surface area contributed by atoms with Crippen molar-refractivity contribution in [2.45, 2.75) is 59.4 Å². The van der Waals surface area contributed by atoms with E-state index in [1.54, 1.807) is 6.08 Å². The molecule has 0 atom stereocenters. The smallest absolute Gasteiger partial charge is 0.262 e. The highest BCUT2D eigenvalue weighted by Crippen LogP contribution is 2.27. The first-order valence-corrected chi connectivity index (χ1v) is 9.60. The van der Waals surface area contributed by atoms with Crippen LogP contribution >= 0.6 is 0 Å². The predicted octanol–water partition coefficient (Wildman–Crippen LogP) is 4.68. The molecule has 1 saturated carbocycles. The summed E-state index contributed by atoms with van der Waals surface area (Å²) in [5.74, 6) is -0.263. The molecule has 1 aliphatic rings. The van der Waals surface area contributed by atoms with Crippen LogP contribution in [0.4, 0.5) is 0 Å². The van der Waals surface area contributed by atoms with E-state index in [0.717, 1.165) is 42.6 Å². The van der Waals surface area contributed by atoms with Gasteiger partial charge in [-0.2, -0.15) is 5.26 Å². The van der Waals surface area contributed by atoms with Gasteiger partial charge in [0.25, 0.3) is 5.91 Å². The fraction of sp³-hybridized carbons (Fsp3) is 0.391. The number of nitrogens with zero attached hydrogens (tertiary/aromatic N) is 2. The molecule has 0 bridgehead atoms. The summed E-state index contributed by atoms with van der Waals surface area (Å²) >= 11 is 0. The second-order valence-corrected chi connectivity index (χ2v) is 7.53. The molecule has 1 amide bonds. The van der Waals surface area contributed by atoms with Crippen molar-refractivity contribution in [1.82, 2.24) is 9.88 Å². The molecule has 1 fully saturated rings. The van der Waals surface area contributed by atoms with E-state index in [9.17, 15) is 10.1 Å². The first kappa shape index (κ1) is 19.0. The van der Waals surface area contributed by atoms with E-state index in [-0.39, 0.29) is 17.5 Å². The lowest BCUT2D eigenvalue weighted by Crippen LogP contribution is -2.33. The molecule has 1 heterocycles. The van der Waals surface area contributed by atoms with Gasteiger partial charge in [-0.05, 0) is 69.4 Å². The Balaban J connectivity index is 1.96. The van der Waals surface area contributed by atoms with Gasteiger partial charge in [0.05, 0.1) is 5.69 Å². The van der Waals surface area contributed by atoms with Gasteiger partial charge >= 0.3 is 0 Å². The van der Waals surface area contributed by atoms with Crippen molar-refractivity contribution in [2.24, 2.45) is 0 Å². The Morgan fingerprint density at radius 2 is 1.81 bits per heavy atom. The number of aryl methyl sites for hydroxylation is 3. The predicted molar refractivity (Wildman–Crippen MR) is 109 cm³/mol. The van der Waals surface area contributed by atoms with Crippen LogP contribution in [0.3, 0.4) is 0 Å². The van der Waals surface area contributed by atoms with Crippen molar-refractivity contribution in [3.05, 3.63) is 57.9 Å². The van der Waals surface area contributed by atoms with Crippen LogP contribution in [0.15, 0.2) is 29.8 Å². The first-order chi connectivity index (χ1) is 12.9. The maximum atomic E-state index is 12.5. The number of hydrogen-bond donors (Lipinski definition) is 1. The summed E-state index contributed by atoms with van der Waals surface area (Å²) < 4.78 is 2.21. The molecule has 3 rings (SSSR count). The number of benzene rings is 1. The van der Waals surface area contributed by atoms with Crippen LogP contribution in [0.5, 0.6) is 0 Å². The van der Waals surface area contributed by atoms with Gasteiger partial charge < -0.3 is 9.88 Å². The number of hydrogen-bond acceptors (Lipinski definition) is 2. The average Bonchev–Trinajstić information content (AvgIpc) is 3.22. The van der Waals surface area contributed by atoms with Crippen molar-refractivity contribution in [2.75, 3.05) is 0 Å². The molecular formula is C23H27N3O. The van der Waals surface area contributed by atoms with Gasteiger partial charge in [0.15, 0.2) is 0 Å². The molecule has 140 valence electrons.